The third-order valence-electron chi connectivity index (χ3n) is 2.03. The van der Waals surface area contributed by atoms with Crippen molar-refractivity contribution in [1.82, 2.24) is 0 Å². The minimum atomic E-state index is -4.13. The molecular formula is C10H8NiO3S. The molecule has 2 rings (SSSR count). The molecule has 0 amide bonds. The first kappa shape index (κ1) is 12.2. The van der Waals surface area contributed by atoms with Gasteiger partial charge in [-0.15, -0.1) is 0 Å². The molecule has 0 saturated heterocycles. The summed E-state index contributed by atoms with van der Waals surface area (Å²) < 4.78 is 31.0. The van der Waals surface area contributed by atoms with Crippen LogP contribution in [-0.4, -0.2) is 13.0 Å². The zero-order valence-electron chi connectivity index (χ0n) is 7.53. The fourth-order valence-electron chi connectivity index (χ4n) is 1.42. The van der Waals surface area contributed by atoms with Gasteiger partial charge in [0.05, 0.1) is 0 Å². The molecule has 0 fully saturated rings. The first-order valence-corrected chi connectivity index (χ1v) is 5.48. The van der Waals surface area contributed by atoms with Crippen LogP contribution in [-0.2, 0) is 26.6 Å². The maximum Gasteiger partial charge on any atom is 0.295 e. The van der Waals surface area contributed by atoms with Gasteiger partial charge < -0.3 is 0 Å². The van der Waals surface area contributed by atoms with Gasteiger partial charge in [0.15, 0.2) is 0 Å². The second-order valence-electron chi connectivity index (χ2n) is 2.95. The Morgan fingerprint density at radius 2 is 1.53 bits per heavy atom. The van der Waals surface area contributed by atoms with E-state index < -0.39 is 10.1 Å². The molecule has 5 heteroatoms. The van der Waals surface area contributed by atoms with Gasteiger partial charge in [0.25, 0.3) is 10.1 Å². The van der Waals surface area contributed by atoms with Crippen LogP contribution in [0, 0.1) is 0 Å². The zero-order valence-corrected chi connectivity index (χ0v) is 9.33. The van der Waals surface area contributed by atoms with Crippen molar-refractivity contribution in [3.63, 3.8) is 0 Å². The molecule has 0 aliphatic carbocycles. The molecule has 3 nitrogen and oxygen atoms in total. The zero-order chi connectivity index (χ0) is 10.2. The van der Waals surface area contributed by atoms with Crippen LogP contribution in [0.15, 0.2) is 47.4 Å². The maximum absolute atomic E-state index is 11.0. The van der Waals surface area contributed by atoms with Crippen LogP contribution in [0.2, 0.25) is 0 Å². The van der Waals surface area contributed by atoms with E-state index in [0.717, 1.165) is 5.39 Å². The molecule has 0 aromatic heterocycles. The van der Waals surface area contributed by atoms with Crippen LogP contribution in [0.25, 0.3) is 10.8 Å². The van der Waals surface area contributed by atoms with Crippen LogP contribution < -0.4 is 0 Å². The quantitative estimate of drug-likeness (QED) is 0.635. The Kier molecular flexibility index (Phi) is 3.50. The molecule has 0 aliphatic rings. The molecular weight excluding hydrogens is 259 g/mol. The molecule has 0 atom stereocenters. The van der Waals surface area contributed by atoms with Crippen LogP contribution in [0.1, 0.15) is 0 Å². The van der Waals surface area contributed by atoms with E-state index in [9.17, 15) is 8.42 Å². The van der Waals surface area contributed by atoms with Gasteiger partial charge >= 0.3 is 0 Å². The second kappa shape index (κ2) is 4.31. The van der Waals surface area contributed by atoms with Gasteiger partial charge in [-0.3, -0.25) is 4.55 Å². The Bertz CT molecular complexity index is 573. The van der Waals surface area contributed by atoms with Crippen LogP contribution in [0.4, 0.5) is 0 Å². The summed E-state index contributed by atoms with van der Waals surface area (Å²) in [7, 11) is -4.13. The van der Waals surface area contributed by atoms with Crippen molar-refractivity contribution in [3.05, 3.63) is 42.5 Å². The molecule has 0 spiro atoms. The Hall–Kier alpha value is -0.896. The first-order chi connectivity index (χ1) is 6.59. The molecule has 0 saturated carbocycles. The predicted molar refractivity (Wildman–Crippen MR) is 53.8 cm³/mol. The Morgan fingerprint density at radius 3 is 2.20 bits per heavy atom. The van der Waals surface area contributed by atoms with Crippen molar-refractivity contribution in [2.75, 3.05) is 0 Å². The topological polar surface area (TPSA) is 54.4 Å². The van der Waals surface area contributed by atoms with Crippen molar-refractivity contribution in [3.8, 4) is 0 Å². The smallest absolute Gasteiger partial charge is 0.282 e. The average molecular weight is 267 g/mol. The first-order valence-electron chi connectivity index (χ1n) is 4.04. The van der Waals surface area contributed by atoms with Gasteiger partial charge in [0.2, 0.25) is 0 Å². The summed E-state index contributed by atoms with van der Waals surface area (Å²) in [6.07, 6.45) is 0. The largest absolute Gasteiger partial charge is 0.295 e. The number of benzene rings is 2. The van der Waals surface area contributed by atoms with E-state index >= 15 is 0 Å². The molecule has 2 aromatic rings. The van der Waals surface area contributed by atoms with E-state index in [2.05, 4.69) is 0 Å². The molecule has 2 aromatic carbocycles. The van der Waals surface area contributed by atoms with Crippen molar-refractivity contribution in [2.24, 2.45) is 0 Å². The van der Waals surface area contributed by atoms with E-state index in [-0.39, 0.29) is 21.4 Å². The van der Waals surface area contributed by atoms with Crippen LogP contribution >= 0.6 is 0 Å². The summed E-state index contributed by atoms with van der Waals surface area (Å²) in [6.45, 7) is 0. The van der Waals surface area contributed by atoms with E-state index in [1.165, 1.54) is 6.07 Å². The van der Waals surface area contributed by atoms with Crippen LogP contribution in [0.5, 0.6) is 0 Å². The van der Waals surface area contributed by atoms with E-state index in [1.54, 1.807) is 30.3 Å². The molecule has 15 heavy (non-hydrogen) atoms. The Labute approximate surface area is 97.8 Å². The third kappa shape index (κ3) is 2.37. The molecule has 0 heterocycles. The molecule has 0 aliphatic heterocycles. The molecule has 0 bridgehead atoms. The monoisotopic (exact) mass is 266 g/mol. The minimum Gasteiger partial charge on any atom is -0.282 e. The second-order valence-corrected chi connectivity index (χ2v) is 4.34. The summed E-state index contributed by atoms with van der Waals surface area (Å²) in [4.78, 5) is -0.0457. The van der Waals surface area contributed by atoms with Gasteiger partial charge in [-0.05, 0) is 11.5 Å². The van der Waals surface area contributed by atoms with Gasteiger partial charge in [-0.2, -0.15) is 8.42 Å². The molecule has 0 unspecified atom stereocenters. The third-order valence-corrected chi connectivity index (χ3v) is 2.94. The fourth-order valence-corrected chi connectivity index (χ4v) is 2.13. The van der Waals surface area contributed by atoms with Gasteiger partial charge in [0.1, 0.15) is 4.90 Å². The van der Waals surface area contributed by atoms with Crippen molar-refractivity contribution in [1.29, 1.82) is 0 Å². The van der Waals surface area contributed by atoms with Crippen molar-refractivity contribution < 1.29 is 29.5 Å². The van der Waals surface area contributed by atoms with Crippen molar-refractivity contribution in [2.45, 2.75) is 4.90 Å². The fraction of sp³-hybridized carbons (Fsp3) is 0. The van der Waals surface area contributed by atoms with Gasteiger partial charge in [-0.1, -0.05) is 36.4 Å². The minimum absolute atomic E-state index is 0. The molecule has 82 valence electrons. The van der Waals surface area contributed by atoms with Crippen LogP contribution in [0.3, 0.4) is 0 Å². The Balaban J connectivity index is 0.00000112. The maximum atomic E-state index is 11.0. The van der Waals surface area contributed by atoms with Gasteiger partial charge in [0, 0.05) is 21.9 Å². The number of fused-ring (bicyclic) bond motifs is 1. The number of rotatable bonds is 1. The summed E-state index contributed by atoms with van der Waals surface area (Å²) in [6, 6.07) is 11.8. The SMILES string of the molecule is O=S(=O)(O)c1cccc2ccccc12.[Ni]. The van der Waals surface area contributed by atoms with E-state index in [4.69, 9.17) is 4.55 Å². The van der Waals surface area contributed by atoms with Crippen molar-refractivity contribution >= 4 is 20.9 Å². The van der Waals surface area contributed by atoms with E-state index in [0.29, 0.717) is 5.39 Å². The summed E-state index contributed by atoms with van der Waals surface area (Å²) >= 11 is 0. The summed E-state index contributed by atoms with van der Waals surface area (Å²) in [5, 5.41) is 1.33. The Morgan fingerprint density at radius 1 is 0.933 bits per heavy atom. The predicted octanol–water partition coefficient (Wildman–Crippen LogP) is 2.08. The number of hydrogen-bond donors (Lipinski definition) is 1. The van der Waals surface area contributed by atoms with Gasteiger partial charge in [-0.25, -0.2) is 0 Å². The molecule has 1 N–H and O–H groups in total. The standard InChI is InChI=1S/C10H8O3S.Ni/c11-14(12,13)10-7-3-5-8-4-1-2-6-9(8)10;/h1-7H,(H,11,12,13);. The summed E-state index contributed by atoms with van der Waals surface area (Å²) in [5.41, 5.74) is 0. The normalized spacial score (nSPS) is 11.0. The van der Waals surface area contributed by atoms with E-state index in [1.807, 2.05) is 6.07 Å². The molecule has 0 radical (unpaired) electrons. The average Bonchev–Trinajstić information content (AvgIpc) is 2.15. The summed E-state index contributed by atoms with van der Waals surface area (Å²) in [5.74, 6) is 0. The number of hydrogen-bond acceptors (Lipinski definition) is 2.